The summed E-state index contributed by atoms with van der Waals surface area (Å²) < 4.78 is 10.1. The number of hydrogen-bond donors (Lipinski definition) is 0. The molecule has 2 aromatic rings. The first-order chi connectivity index (χ1) is 11.4. The monoisotopic (exact) mass is 338 g/mol. The number of rotatable bonds is 4. The van der Waals surface area contributed by atoms with E-state index >= 15 is 0 Å². The van der Waals surface area contributed by atoms with Gasteiger partial charge >= 0.3 is 5.97 Å². The first-order valence-corrected chi connectivity index (χ1v) is 11.5. The normalized spacial score (nSPS) is 11.2. The fraction of sp³-hybridized carbons (Fsp3) is 0.250. The van der Waals surface area contributed by atoms with E-state index in [9.17, 15) is 4.79 Å². The van der Waals surface area contributed by atoms with Gasteiger partial charge in [0.25, 0.3) is 0 Å². The van der Waals surface area contributed by atoms with Gasteiger partial charge in [-0.25, -0.2) is 4.79 Å². The summed E-state index contributed by atoms with van der Waals surface area (Å²) in [5, 5.41) is 1.88. The highest BCUT2D eigenvalue weighted by Crippen LogP contribution is 2.26. The predicted octanol–water partition coefficient (Wildman–Crippen LogP) is 4.60. The van der Waals surface area contributed by atoms with Crippen LogP contribution in [0, 0.1) is 11.8 Å². The standard InChI is InChI=1S/C20H22O3Si/c1-22-13-12-20(21)23-19-9-5-8-17-11-10-16(15-18(17)19)7-6-14-24(2,3)4/h5,8-13,15H,14H2,1-4H3/b13-12+. The smallest absolute Gasteiger partial charge is 0.339 e. The number of benzene rings is 2. The van der Waals surface area contributed by atoms with Crippen LogP contribution < -0.4 is 4.74 Å². The van der Waals surface area contributed by atoms with Crippen LogP contribution in [0.3, 0.4) is 0 Å². The quantitative estimate of drug-likeness (QED) is 0.204. The molecule has 0 N–H and O–H groups in total. The molecule has 0 spiro atoms. The minimum absolute atomic E-state index is 0.473. The van der Waals surface area contributed by atoms with Crippen molar-refractivity contribution in [3.63, 3.8) is 0 Å². The Labute approximate surface area is 144 Å². The third-order valence-corrected chi connectivity index (χ3v) is 4.48. The average Bonchev–Trinajstić information content (AvgIpc) is 2.52. The number of esters is 1. The van der Waals surface area contributed by atoms with Gasteiger partial charge in [-0.2, -0.15) is 0 Å². The second kappa shape index (κ2) is 7.85. The van der Waals surface area contributed by atoms with E-state index in [1.807, 2.05) is 30.3 Å². The van der Waals surface area contributed by atoms with E-state index in [0.29, 0.717) is 5.75 Å². The lowest BCUT2D eigenvalue weighted by Crippen LogP contribution is -2.17. The van der Waals surface area contributed by atoms with Gasteiger partial charge in [0.2, 0.25) is 0 Å². The summed E-state index contributed by atoms with van der Waals surface area (Å²) in [6.45, 7) is 6.90. The van der Waals surface area contributed by atoms with Crippen molar-refractivity contribution >= 4 is 24.8 Å². The topological polar surface area (TPSA) is 35.5 Å². The van der Waals surface area contributed by atoms with Gasteiger partial charge in [-0.1, -0.05) is 43.8 Å². The highest BCUT2D eigenvalue weighted by molar-refractivity contribution is 6.76. The van der Waals surface area contributed by atoms with Crippen LogP contribution in [0.4, 0.5) is 0 Å². The zero-order valence-corrected chi connectivity index (χ0v) is 15.6. The third kappa shape index (κ3) is 5.29. The number of carbonyl (C=O) groups excluding carboxylic acids is 1. The second-order valence-corrected chi connectivity index (χ2v) is 12.2. The fourth-order valence-electron chi connectivity index (χ4n) is 2.09. The van der Waals surface area contributed by atoms with Crippen LogP contribution in [0.5, 0.6) is 5.75 Å². The Balaban J connectivity index is 2.31. The van der Waals surface area contributed by atoms with Gasteiger partial charge in [-0.05, 0) is 23.6 Å². The molecule has 3 nitrogen and oxygen atoms in total. The highest BCUT2D eigenvalue weighted by atomic mass is 28.3. The van der Waals surface area contributed by atoms with Gasteiger partial charge in [-0.3, -0.25) is 0 Å². The van der Waals surface area contributed by atoms with E-state index in [-0.39, 0.29) is 0 Å². The first-order valence-electron chi connectivity index (χ1n) is 7.82. The number of methoxy groups -OCH3 is 1. The van der Waals surface area contributed by atoms with Crippen molar-refractivity contribution in [1.29, 1.82) is 0 Å². The van der Waals surface area contributed by atoms with E-state index in [1.54, 1.807) is 6.07 Å². The van der Waals surface area contributed by atoms with E-state index in [4.69, 9.17) is 9.47 Å². The lowest BCUT2D eigenvalue weighted by atomic mass is 10.1. The fourth-order valence-corrected chi connectivity index (χ4v) is 2.71. The summed E-state index contributed by atoms with van der Waals surface area (Å²) >= 11 is 0. The molecule has 0 atom stereocenters. The molecule has 24 heavy (non-hydrogen) atoms. The summed E-state index contributed by atoms with van der Waals surface area (Å²) in [6.07, 6.45) is 2.54. The molecule has 124 valence electrons. The van der Waals surface area contributed by atoms with Crippen molar-refractivity contribution in [2.45, 2.75) is 25.7 Å². The zero-order chi connectivity index (χ0) is 17.6. The van der Waals surface area contributed by atoms with Crippen molar-refractivity contribution in [1.82, 2.24) is 0 Å². The molecule has 0 saturated carbocycles. The molecule has 0 amide bonds. The molecule has 0 aromatic heterocycles. The molecular formula is C20H22O3Si. The van der Waals surface area contributed by atoms with Crippen molar-refractivity contribution in [2.24, 2.45) is 0 Å². The third-order valence-electron chi connectivity index (χ3n) is 3.24. The maximum Gasteiger partial charge on any atom is 0.339 e. The Kier molecular flexibility index (Phi) is 5.83. The first kappa shape index (κ1) is 17.8. The molecule has 4 heteroatoms. The van der Waals surface area contributed by atoms with Gasteiger partial charge in [0, 0.05) is 17.0 Å². The summed E-state index contributed by atoms with van der Waals surface area (Å²) in [5.41, 5.74) is 0.927. The van der Waals surface area contributed by atoms with Crippen LogP contribution in [-0.2, 0) is 9.53 Å². The minimum atomic E-state index is -1.17. The van der Waals surface area contributed by atoms with Gasteiger partial charge in [0.1, 0.15) is 5.75 Å². The van der Waals surface area contributed by atoms with Crippen molar-refractivity contribution in [3.05, 3.63) is 54.3 Å². The number of ether oxygens (including phenoxy) is 2. The van der Waals surface area contributed by atoms with E-state index in [1.165, 1.54) is 19.4 Å². The summed E-state index contributed by atoms with van der Waals surface area (Å²) in [4.78, 5) is 11.8. The van der Waals surface area contributed by atoms with Crippen LogP contribution >= 0.6 is 0 Å². The van der Waals surface area contributed by atoms with E-state index in [0.717, 1.165) is 22.4 Å². The molecule has 0 aliphatic rings. The molecule has 2 aromatic carbocycles. The molecule has 0 heterocycles. The molecular weight excluding hydrogens is 316 g/mol. The summed E-state index contributed by atoms with van der Waals surface area (Å²) in [6, 6.07) is 12.5. The molecule has 0 aliphatic heterocycles. The van der Waals surface area contributed by atoms with Crippen LogP contribution in [0.15, 0.2) is 48.7 Å². The van der Waals surface area contributed by atoms with Crippen LogP contribution in [0.1, 0.15) is 5.56 Å². The van der Waals surface area contributed by atoms with Gasteiger partial charge in [0.05, 0.1) is 27.5 Å². The van der Waals surface area contributed by atoms with E-state index in [2.05, 4.69) is 31.5 Å². The lowest BCUT2D eigenvalue weighted by Gasteiger charge is -2.09. The predicted molar refractivity (Wildman–Crippen MR) is 101 cm³/mol. The molecule has 0 saturated heterocycles. The Morgan fingerprint density at radius 1 is 1.21 bits per heavy atom. The van der Waals surface area contributed by atoms with Gasteiger partial charge < -0.3 is 9.47 Å². The minimum Gasteiger partial charge on any atom is -0.504 e. The largest absolute Gasteiger partial charge is 0.504 e. The van der Waals surface area contributed by atoms with Gasteiger partial charge in [-0.15, -0.1) is 5.92 Å². The van der Waals surface area contributed by atoms with Crippen LogP contribution in [0.25, 0.3) is 10.8 Å². The van der Waals surface area contributed by atoms with Crippen LogP contribution in [0.2, 0.25) is 25.7 Å². The van der Waals surface area contributed by atoms with E-state index < -0.39 is 14.0 Å². The molecule has 0 bridgehead atoms. The number of hydrogen-bond acceptors (Lipinski definition) is 3. The maximum absolute atomic E-state index is 11.8. The molecule has 0 radical (unpaired) electrons. The number of carbonyl (C=O) groups is 1. The molecule has 0 fully saturated rings. The highest BCUT2D eigenvalue weighted by Gasteiger charge is 2.10. The molecule has 0 aliphatic carbocycles. The van der Waals surface area contributed by atoms with Crippen molar-refractivity contribution in [2.75, 3.05) is 7.11 Å². The Hall–Kier alpha value is -2.51. The van der Waals surface area contributed by atoms with Crippen molar-refractivity contribution < 1.29 is 14.3 Å². The lowest BCUT2D eigenvalue weighted by molar-refractivity contribution is -0.129. The average molecular weight is 338 g/mol. The Morgan fingerprint density at radius 3 is 2.71 bits per heavy atom. The van der Waals surface area contributed by atoms with Gasteiger partial charge in [0.15, 0.2) is 0 Å². The summed E-state index contributed by atoms with van der Waals surface area (Å²) in [5.74, 6) is 6.54. The van der Waals surface area contributed by atoms with Crippen molar-refractivity contribution in [3.8, 4) is 17.6 Å². The Bertz CT molecular complexity index is 820. The van der Waals surface area contributed by atoms with Crippen LogP contribution in [-0.4, -0.2) is 21.2 Å². The Morgan fingerprint density at radius 2 is 2.00 bits per heavy atom. The SMILES string of the molecule is CO/C=C/C(=O)Oc1cccc2ccc(C#CC[Si](C)(C)C)cc12. The number of fused-ring (bicyclic) bond motifs is 1. The molecule has 0 unspecified atom stereocenters. The maximum atomic E-state index is 11.8. The second-order valence-electron chi connectivity index (χ2n) is 6.69. The summed E-state index contributed by atoms with van der Waals surface area (Å²) in [7, 11) is 0.307. The molecule has 2 rings (SSSR count). The zero-order valence-electron chi connectivity index (χ0n) is 14.6.